The quantitative estimate of drug-likeness (QED) is 0.722. The molecule has 2 rings (SSSR count). The lowest BCUT2D eigenvalue weighted by Gasteiger charge is -2.34. The van der Waals surface area contributed by atoms with Gasteiger partial charge in [-0.3, -0.25) is 19.6 Å². The second kappa shape index (κ2) is 2.87. The van der Waals surface area contributed by atoms with Crippen LogP contribution in [-0.4, -0.2) is 26.8 Å². The minimum absolute atomic E-state index is 0.0288. The molecule has 1 aromatic rings. The van der Waals surface area contributed by atoms with Gasteiger partial charge in [-0.25, -0.2) is 0 Å². The van der Waals surface area contributed by atoms with Crippen molar-refractivity contribution in [2.75, 3.05) is 0 Å². The fourth-order valence-electron chi connectivity index (χ4n) is 1.61. The van der Waals surface area contributed by atoms with Gasteiger partial charge >= 0.3 is 5.97 Å². The van der Waals surface area contributed by atoms with E-state index < -0.39 is 11.4 Å². The van der Waals surface area contributed by atoms with Gasteiger partial charge in [0.1, 0.15) is 11.2 Å². The number of hydrogen-bond acceptors (Lipinski definition) is 4. The first-order valence-electron chi connectivity index (χ1n) is 4.17. The SMILES string of the molecule is O=C1CC(C(=O)O)(c2cnccn2)C1. The summed E-state index contributed by atoms with van der Waals surface area (Å²) in [7, 11) is 0. The molecule has 1 N–H and O–H groups in total. The van der Waals surface area contributed by atoms with Gasteiger partial charge in [0.05, 0.1) is 5.69 Å². The predicted molar refractivity (Wildman–Crippen MR) is 45.6 cm³/mol. The number of Topliss-reactive ketones (excluding diaryl/α,β-unsaturated/α-hetero) is 1. The van der Waals surface area contributed by atoms with Crippen molar-refractivity contribution in [2.45, 2.75) is 18.3 Å². The van der Waals surface area contributed by atoms with Crippen LogP contribution in [0.25, 0.3) is 0 Å². The molecule has 0 aromatic carbocycles. The first-order valence-corrected chi connectivity index (χ1v) is 4.17. The van der Waals surface area contributed by atoms with E-state index in [1.54, 1.807) is 0 Å². The Kier molecular flexibility index (Phi) is 1.80. The van der Waals surface area contributed by atoms with Gasteiger partial charge < -0.3 is 5.11 Å². The first-order chi connectivity index (χ1) is 6.65. The van der Waals surface area contributed by atoms with Crippen molar-refractivity contribution >= 4 is 11.8 Å². The van der Waals surface area contributed by atoms with Crippen molar-refractivity contribution in [1.29, 1.82) is 0 Å². The second-order valence-electron chi connectivity index (χ2n) is 3.37. The van der Waals surface area contributed by atoms with Gasteiger partial charge in [-0.2, -0.15) is 0 Å². The zero-order valence-corrected chi connectivity index (χ0v) is 7.30. The average molecular weight is 192 g/mol. The van der Waals surface area contributed by atoms with Gasteiger partial charge in [0, 0.05) is 31.4 Å². The summed E-state index contributed by atoms with van der Waals surface area (Å²) in [5, 5.41) is 9.03. The van der Waals surface area contributed by atoms with Crippen molar-refractivity contribution in [3.8, 4) is 0 Å². The summed E-state index contributed by atoms with van der Waals surface area (Å²) in [6.07, 6.45) is 4.37. The van der Waals surface area contributed by atoms with Crippen LogP contribution in [-0.2, 0) is 15.0 Å². The Bertz CT molecular complexity index is 380. The molecule has 5 heteroatoms. The molecule has 0 unspecified atom stereocenters. The molecular weight excluding hydrogens is 184 g/mol. The number of carboxylic acids is 1. The molecule has 1 aliphatic carbocycles. The summed E-state index contributed by atoms with van der Waals surface area (Å²) in [5.41, 5.74) is -0.752. The third kappa shape index (κ3) is 1.09. The normalized spacial score (nSPS) is 18.7. The number of rotatable bonds is 2. The monoisotopic (exact) mass is 192 g/mol. The maximum atomic E-state index is 11.0. The number of ketones is 1. The van der Waals surface area contributed by atoms with Crippen LogP contribution in [0, 0.1) is 0 Å². The lowest BCUT2D eigenvalue weighted by atomic mass is 9.66. The fraction of sp³-hybridized carbons (Fsp3) is 0.333. The molecule has 1 aromatic heterocycles. The lowest BCUT2D eigenvalue weighted by Crippen LogP contribution is -2.48. The van der Waals surface area contributed by atoms with E-state index in [1.807, 2.05) is 0 Å². The molecule has 5 nitrogen and oxygen atoms in total. The highest BCUT2D eigenvalue weighted by atomic mass is 16.4. The van der Waals surface area contributed by atoms with Crippen molar-refractivity contribution in [1.82, 2.24) is 9.97 Å². The number of carbonyl (C=O) groups is 2. The van der Waals surface area contributed by atoms with Crippen LogP contribution < -0.4 is 0 Å². The Hall–Kier alpha value is -1.78. The van der Waals surface area contributed by atoms with E-state index >= 15 is 0 Å². The summed E-state index contributed by atoms with van der Waals surface area (Å²) < 4.78 is 0. The average Bonchev–Trinajstić information content (AvgIpc) is 2.13. The van der Waals surface area contributed by atoms with E-state index in [1.165, 1.54) is 18.6 Å². The van der Waals surface area contributed by atoms with E-state index in [2.05, 4.69) is 9.97 Å². The molecule has 72 valence electrons. The van der Waals surface area contributed by atoms with E-state index in [4.69, 9.17) is 5.11 Å². The summed E-state index contributed by atoms with van der Waals surface area (Å²) in [6, 6.07) is 0. The molecule has 0 radical (unpaired) electrons. The minimum atomic E-state index is -1.12. The molecule has 1 aliphatic rings. The predicted octanol–water partition coefficient (Wildman–Crippen LogP) is 0.162. The van der Waals surface area contributed by atoms with Crippen LogP contribution in [0.3, 0.4) is 0 Å². The van der Waals surface area contributed by atoms with Crippen molar-refractivity contribution in [3.63, 3.8) is 0 Å². The maximum Gasteiger partial charge on any atom is 0.316 e. The molecular formula is C9H8N2O3. The van der Waals surface area contributed by atoms with Crippen molar-refractivity contribution < 1.29 is 14.7 Å². The number of nitrogens with zero attached hydrogens (tertiary/aromatic N) is 2. The van der Waals surface area contributed by atoms with E-state index in [0.717, 1.165) is 0 Å². The lowest BCUT2D eigenvalue weighted by molar-refractivity contribution is -0.153. The topological polar surface area (TPSA) is 80.2 Å². The van der Waals surface area contributed by atoms with Crippen LogP contribution in [0.2, 0.25) is 0 Å². The fourth-order valence-corrected chi connectivity index (χ4v) is 1.61. The highest BCUT2D eigenvalue weighted by Crippen LogP contribution is 2.40. The molecule has 0 spiro atoms. The van der Waals surface area contributed by atoms with Crippen LogP contribution >= 0.6 is 0 Å². The Morgan fingerprint density at radius 2 is 2.14 bits per heavy atom. The number of hydrogen-bond donors (Lipinski definition) is 1. The molecule has 0 amide bonds. The highest BCUT2D eigenvalue weighted by Gasteiger charge is 2.52. The van der Waals surface area contributed by atoms with Crippen LogP contribution in [0.15, 0.2) is 18.6 Å². The Morgan fingerprint density at radius 3 is 2.57 bits per heavy atom. The van der Waals surface area contributed by atoms with Gasteiger partial charge in [0.25, 0.3) is 0 Å². The number of carbonyl (C=O) groups excluding carboxylic acids is 1. The smallest absolute Gasteiger partial charge is 0.316 e. The largest absolute Gasteiger partial charge is 0.481 e. The maximum absolute atomic E-state index is 11.0. The van der Waals surface area contributed by atoms with E-state index in [9.17, 15) is 9.59 Å². The second-order valence-corrected chi connectivity index (χ2v) is 3.37. The van der Waals surface area contributed by atoms with Gasteiger partial charge in [0.2, 0.25) is 0 Å². The Labute approximate surface area is 79.8 Å². The number of aromatic nitrogens is 2. The highest BCUT2D eigenvalue weighted by molar-refractivity contribution is 6.00. The van der Waals surface area contributed by atoms with Crippen molar-refractivity contribution in [3.05, 3.63) is 24.3 Å². The zero-order valence-electron chi connectivity index (χ0n) is 7.30. The summed E-state index contributed by atoms with van der Waals surface area (Å²) >= 11 is 0. The van der Waals surface area contributed by atoms with Gasteiger partial charge in [-0.15, -0.1) is 0 Å². The van der Waals surface area contributed by atoms with Crippen LogP contribution in [0.5, 0.6) is 0 Å². The summed E-state index contributed by atoms with van der Waals surface area (Å²) in [4.78, 5) is 29.6. The molecule has 1 saturated carbocycles. The van der Waals surface area contributed by atoms with E-state index in [-0.39, 0.29) is 18.6 Å². The molecule has 0 saturated heterocycles. The zero-order chi connectivity index (χ0) is 10.2. The molecule has 14 heavy (non-hydrogen) atoms. The third-order valence-corrected chi connectivity index (χ3v) is 2.46. The molecule has 0 bridgehead atoms. The molecule has 0 atom stereocenters. The third-order valence-electron chi connectivity index (χ3n) is 2.46. The summed E-state index contributed by atoms with van der Waals surface area (Å²) in [5.74, 6) is -1.05. The van der Waals surface area contributed by atoms with Crippen molar-refractivity contribution in [2.24, 2.45) is 0 Å². The van der Waals surface area contributed by atoms with Gasteiger partial charge in [-0.05, 0) is 0 Å². The Morgan fingerprint density at radius 1 is 1.43 bits per heavy atom. The minimum Gasteiger partial charge on any atom is -0.481 e. The first kappa shape index (κ1) is 8.80. The van der Waals surface area contributed by atoms with Gasteiger partial charge in [-0.1, -0.05) is 0 Å². The standard InChI is InChI=1S/C9H8N2O3/c12-6-3-9(4-6,8(13)14)7-5-10-1-2-11-7/h1-2,5H,3-4H2,(H,13,14). The summed E-state index contributed by atoms with van der Waals surface area (Å²) in [6.45, 7) is 0. The Balaban J connectivity index is 2.39. The van der Waals surface area contributed by atoms with E-state index in [0.29, 0.717) is 5.69 Å². The number of carboxylic acid groups (broad SMARTS) is 1. The van der Waals surface area contributed by atoms with Crippen LogP contribution in [0.1, 0.15) is 18.5 Å². The van der Waals surface area contributed by atoms with Gasteiger partial charge in [0.15, 0.2) is 0 Å². The molecule has 1 heterocycles. The molecule has 1 fully saturated rings. The molecule has 0 aliphatic heterocycles. The number of aliphatic carboxylic acids is 1. The van der Waals surface area contributed by atoms with Crippen LogP contribution in [0.4, 0.5) is 0 Å².